The van der Waals surface area contributed by atoms with Crippen LogP contribution < -0.4 is 9.64 Å². The van der Waals surface area contributed by atoms with Crippen LogP contribution in [-0.4, -0.2) is 11.8 Å². The van der Waals surface area contributed by atoms with Crippen LogP contribution in [0.2, 0.25) is 0 Å². The molecule has 0 bridgehead atoms. The van der Waals surface area contributed by atoms with Gasteiger partial charge in [-0.3, -0.25) is 9.69 Å². The molecule has 1 amide bonds. The van der Waals surface area contributed by atoms with Gasteiger partial charge in [-0.2, -0.15) is 0 Å². The van der Waals surface area contributed by atoms with Crippen LogP contribution in [0, 0.1) is 5.82 Å². The third-order valence-corrected chi connectivity index (χ3v) is 4.56. The third-order valence-electron chi connectivity index (χ3n) is 3.91. The first-order valence-corrected chi connectivity index (χ1v) is 8.42. The van der Waals surface area contributed by atoms with Crippen LogP contribution >= 0.6 is 15.9 Å². The van der Waals surface area contributed by atoms with E-state index in [-0.39, 0.29) is 5.91 Å². The van der Waals surface area contributed by atoms with Crippen LogP contribution in [0.4, 0.5) is 10.1 Å². The number of hydrogen-bond donors (Lipinski definition) is 0. The fourth-order valence-electron chi connectivity index (χ4n) is 2.70. The molecule has 4 rings (SSSR count). The van der Waals surface area contributed by atoms with Crippen LogP contribution in [0.5, 0.6) is 5.75 Å². The number of ether oxygens (including phenoxy) is 1. The molecule has 0 saturated carbocycles. The zero-order valence-corrected chi connectivity index (χ0v) is 14.5. The van der Waals surface area contributed by atoms with Gasteiger partial charge in [0.05, 0.1) is 11.3 Å². The van der Waals surface area contributed by atoms with Crippen molar-refractivity contribution in [1.82, 2.24) is 0 Å². The maximum atomic E-state index is 13.4. The molecule has 4 nitrogen and oxygen atoms in total. The van der Waals surface area contributed by atoms with Crippen molar-refractivity contribution in [3.8, 4) is 5.75 Å². The van der Waals surface area contributed by atoms with E-state index < -0.39 is 5.82 Å². The molecule has 0 saturated heterocycles. The van der Waals surface area contributed by atoms with Crippen LogP contribution in [-0.2, 0) is 0 Å². The number of hydrogen-bond acceptors (Lipinski definition) is 3. The number of amides is 1. The van der Waals surface area contributed by atoms with E-state index in [0.29, 0.717) is 33.8 Å². The zero-order valence-electron chi connectivity index (χ0n) is 12.9. The second-order valence-electron chi connectivity index (χ2n) is 5.55. The predicted molar refractivity (Wildman–Crippen MR) is 97.3 cm³/mol. The second-order valence-corrected chi connectivity index (χ2v) is 6.40. The summed E-state index contributed by atoms with van der Waals surface area (Å²) in [5.74, 6) is 0.317. The molecule has 0 atom stereocenters. The summed E-state index contributed by atoms with van der Waals surface area (Å²) >= 11 is 3.27. The Kier molecular flexibility index (Phi) is 3.97. The Hall–Kier alpha value is -2.73. The summed E-state index contributed by atoms with van der Waals surface area (Å²) in [4.78, 5) is 18.9. The van der Waals surface area contributed by atoms with Crippen molar-refractivity contribution in [1.29, 1.82) is 0 Å². The molecule has 0 spiro atoms. The highest BCUT2D eigenvalue weighted by molar-refractivity contribution is 9.10. The molecule has 2 aliphatic heterocycles. The largest absolute Gasteiger partial charge is 0.436 e. The minimum atomic E-state index is -0.409. The highest BCUT2D eigenvalue weighted by Crippen LogP contribution is 2.35. The number of anilines is 1. The summed E-state index contributed by atoms with van der Waals surface area (Å²) in [5, 5.41) is 0. The van der Waals surface area contributed by atoms with E-state index in [2.05, 4.69) is 20.9 Å². The van der Waals surface area contributed by atoms with Gasteiger partial charge in [-0.25, -0.2) is 9.38 Å². The van der Waals surface area contributed by atoms with Crippen LogP contribution in [0.15, 0.2) is 76.0 Å². The maximum Gasteiger partial charge on any atom is 0.263 e. The van der Waals surface area contributed by atoms with Gasteiger partial charge in [0, 0.05) is 22.4 Å². The minimum Gasteiger partial charge on any atom is -0.436 e. The quantitative estimate of drug-likeness (QED) is 0.690. The summed E-state index contributed by atoms with van der Waals surface area (Å²) in [7, 11) is 0. The van der Waals surface area contributed by atoms with Crippen molar-refractivity contribution < 1.29 is 13.9 Å². The molecule has 124 valence electrons. The summed E-state index contributed by atoms with van der Waals surface area (Å²) < 4.78 is 19.7. The summed E-state index contributed by atoms with van der Waals surface area (Å²) in [6.45, 7) is 0. The number of nitrogens with zero attached hydrogens (tertiary/aromatic N) is 2. The number of carbonyl (C=O) groups is 1. The first-order chi connectivity index (χ1) is 12.1. The maximum absolute atomic E-state index is 13.4. The Labute approximate surface area is 152 Å². The number of rotatable bonds is 1. The van der Waals surface area contributed by atoms with E-state index in [1.807, 2.05) is 18.2 Å². The van der Waals surface area contributed by atoms with Crippen molar-refractivity contribution in [2.45, 2.75) is 6.42 Å². The lowest BCUT2D eigenvalue weighted by atomic mass is 10.1. The molecule has 25 heavy (non-hydrogen) atoms. The highest BCUT2D eigenvalue weighted by atomic mass is 79.9. The number of halogens is 2. The fourth-order valence-corrected chi connectivity index (χ4v) is 3.22. The van der Waals surface area contributed by atoms with Gasteiger partial charge in [0.25, 0.3) is 5.91 Å². The summed E-state index contributed by atoms with van der Waals surface area (Å²) in [6.07, 6.45) is 5.92. The SMILES string of the molecule is O=C(c1ccc(F)cc1Br)N1C=C2CC=CN=C2Oc2ccccc21. The molecule has 0 unspecified atom stereocenters. The molecule has 0 aliphatic carbocycles. The van der Waals surface area contributed by atoms with E-state index in [9.17, 15) is 9.18 Å². The average Bonchev–Trinajstić information content (AvgIpc) is 2.78. The zero-order chi connectivity index (χ0) is 17.4. The lowest BCUT2D eigenvalue weighted by molar-refractivity contribution is 0.0996. The van der Waals surface area contributed by atoms with Crippen molar-refractivity contribution in [2.75, 3.05) is 4.90 Å². The van der Waals surface area contributed by atoms with Gasteiger partial charge >= 0.3 is 0 Å². The molecule has 0 N–H and O–H groups in total. The van der Waals surface area contributed by atoms with E-state index >= 15 is 0 Å². The van der Waals surface area contributed by atoms with E-state index in [0.717, 1.165) is 5.57 Å². The number of aliphatic imine (C=N–C) groups is 1. The van der Waals surface area contributed by atoms with Gasteiger partial charge in [0.1, 0.15) is 5.82 Å². The van der Waals surface area contributed by atoms with Gasteiger partial charge in [0.2, 0.25) is 5.90 Å². The Morgan fingerprint density at radius 2 is 2.08 bits per heavy atom. The Balaban J connectivity index is 1.85. The highest BCUT2D eigenvalue weighted by Gasteiger charge is 2.27. The van der Waals surface area contributed by atoms with Gasteiger partial charge in [0.15, 0.2) is 5.75 Å². The van der Waals surface area contributed by atoms with Crippen molar-refractivity contribution >= 4 is 33.4 Å². The van der Waals surface area contributed by atoms with Crippen molar-refractivity contribution in [3.63, 3.8) is 0 Å². The normalized spacial score (nSPS) is 15.4. The number of allylic oxidation sites excluding steroid dienone is 1. The molecule has 0 radical (unpaired) electrons. The van der Waals surface area contributed by atoms with E-state index in [4.69, 9.17) is 4.74 Å². The monoisotopic (exact) mass is 398 g/mol. The number of carbonyl (C=O) groups excluding carboxylic acids is 1. The lowest BCUT2D eigenvalue weighted by Gasteiger charge is -2.20. The smallest absolute Gasteiger partial charge is 0.263 e. The molecule has 2 aromatic carbocycles. The van der Waals surface area contributed by atoms with Crippen LogP contribution in [0.3, 0.4) is 0 Å². The van der Waals surface area contributed by atoms with Crippen molar-refractivity contribution in [2.24, 2.45) is 4.99 Å². The Morgan fingerprint density at radius 3 is 2.92 bits per heavy atom. The molecule has 2 heterocycles. The minimum absolute atomic E-state index is 0.286. The first kappa shape index (κ1) is 15.8. The number of fused-ring (bicyclic) bond motifs is 2. The van der Waals surface area contributed by atoms with Crippen molar-refractivity contribution in [3.05, 3.63) is 82.4 Å². The van der Waals surface area contributed by atoms with Gasteiger partial charge in [-0.05, 0) is 52.7 Å². The molecule has 0 fully saturated rings. The van der Waals surface area contributed by atoms with Crippen LogP contribution in [0.25, 0.3) is 0 Å². The Morgan fingerprint density at radius 1 is 1.24 bits per heavy atom. The molecular weight excluding hydrogens is 387 g/mol. The molecular formula is C19H12BrFN2O2. The first-order valence-electron chi connectivity index (χ1n) is 7.63. The van der Waals surface area contributed by atoms with E-state index in [1.165, 1.54) is 23.1 Å². The Bertz CT molecular complexity index is 966. The van der Waals surface area contributed by atoms with Gasteiger partial charge in [-0.15, -0.1) is 0 Å². The summed E-state index contributed by atoms with van der Waals surface area (Å²) in [6, 6.07) is 11.2. The second kappa shape index (κ2) is 6.29. The standard InChI is InChI=1S/C19H12BrFN2O2/c20-15-10-13(21)7-8-14(15)19(24)23-11-12-4-3-9-22-18(12)25-17-6-2-1-5-16(17)23/h1-3,5-11H,4H2. The van der Waals surface area contributed by atoms with Crippen LogP contribution in [0.1, 0.15) is 16.8 Å². The fraction of sp³-hybridized carbons (Fsp3) is 0.0526. The lowest BCUT2D eigenvalue weighted by Crippen LogP contribution is -2.26. The average molecular weight is 399 g/mol. The predicted octanol–water partition coefficient (Wildman–Crippen LogP) is 4.83. The van der Waals surface area contributed by atoms with Gasteiger partial charge < -0.3 is 4.74 Å². The number of benzene rings is 2. The van der Waals surface area contributed by atoms with E-state index in [1.54, 1.807) is 24.5 Å². The summed E-state index contributed by atoms with van der Waals surface area (Å²) in [5.41, 5.74) is 1.76. The third kappa shape index (κ3) is 2.89. The van der Waals surface area contributed by atoms with Gasteiger partial charge in [-0.1, -0.05) is 18.2 Å². The molecule has 2 aromatic rings. The molecule has 6 heteroatoms. The molecule has 2 aliphatic rings. The molecule has 0 aromatic heterocycles. The number of para-hydroxylation sites is 2. The topological polar surface area (TPSA) is 41.9 Å².